The summed E-state index contributed by atoms with van der Waals surface area (Å²) in [5.41, 5.74) is 8.15. The second kappa shape index (κ2) is 2.13. The molecule has 2 heteroatoms. The standard InChI is InChI=1S/C7H12N2/c1-5-3-7(8)9-4-6(5)2/h3,9H,4,8H2,1-2H3. The van der Waals surface area contributed by atoms with E-state index < -0.39 is 0 Å². The smallest absolute Gasteiger partial charge is 0.0965 e. The zero-order valence-electron chi connectivity index (χ0n) is 5.86. The van der Waals surface area contributed by atoms with E-state index in [1.54, 1.807) is 0 Å². The van der Waals surface area contributed by atoms with E-state index in [0.717, 1.165) is 12.4 Å². The summed E-state index contributed by atoms with van der Waals surface area (Å²) in [6, 6.07) is 0. The van der Waals surface area contributed by atoms with E-state index in [4.69, 9.17) is 5.73 Å². The van der Waals surface area contributed by atoms with Gasteiger partial charge in [-0.1, -0.05) is 5.57 Å². The van der Waals surface area contributed by atoms with E-state index in [1.807, 2.05) is 6.08 Å². The molecule has 2 nitrogen and oxygen atoms in total. The third kappa shape index (κ3) is 1.25. The Morgan fingerprint density at radius 1 is 1.56 bits per heavy atom. The summed E-state index contributed by atoms with van der Waals surface area (Å²) in [6.45, 7) is 5.07. The van der Waals surface area contributed by atoms with Gasteiger partial charge in [0.05, 0.1) is 5.82 Å². The Hall–Kier alpha value is -0.920. The number of hydrogen-bond acceptors (Lipinski definition) is 2. The molecule has 1 aliphatic rings. The van der Waals surface area contributed by atoms with Crippen molar-refractivity contribution in [3.8, 4) is 0 Å². The Bertz CT molecular complexity index is 177. The highest BCUT2D eigenvalue weighted by molar-refractivity contribution is 5.29. The second-order valence-corrected chi connectivity index (χ2v) is 2.42. The van der Waals surface area contributed by atoms with Crippen molar-refractivity contribution in [1.29, 1.82) is 0 Å². The van der Waals surface area contributed by atoms with Gasteiger partial charge in [0.15, 0.2) is 0 Å². The summed E-state index contributed by atoms with van der Waals surface area (Å²) in [7, 11) is 0. The number of rotatable bonds is 0. The molecule has 0 aliphatic carbocycles. The molecule has 0 aromatic carbocycles. The van der Waals surface area contributed by atoms with Crippen molar-refractivity contribution in [3.63, 3.8) is 0 Å². The molecule has 0 spiro atoms. The van der Waals surface area contributed by atoms with Gasteiger partial charge in [0, 0.05) is 6.54 Å². The third-order valence-electron chi connectivity index (χ3n) is 1.60. The predicted molar refractivity (Wildman–Crippen MR) is 38.6 cm³/mol. The van der Waals surface area contributed by atoms with Crippen LogP contribution in [0.25, 0.3) is 0 Å². The lowest BCUT2D eigenvalue weighted by Crippen LogP contribution is -2.25. The molecule has 0 amide bonds. The maximum atomic E-state index is 5.50. The van der Waals surface area contributed by atoms with Crippen LogP contribution in [0.3, 0.4) is 0 Å². The maximum Gasteiger partial charge on any atom is 0.0965 e. The van der Waals surface area contributed by atoms with Crippen LogP contribution in [0.1, 0.15) is 13.8 Å². The predicted octanol–water partition coefficient (Wildman–Crippen LogP) is 0.726. The molecular weight excluding hydrogens is 112 g/mol. The maximum absolute atomic E-state index is 5.50. The molecule has 0 aromatic heterocycles. The highest BCUT2D eigenvalue weighted by atomic mass is 15.0. The van der Waals surface area contributed by atoms with Crippen LogP contribution in [0.5, 0.6) is 0 Å². The summed E-state index contributed by atoms with van der Waals surface area (Å²) in [4.78, 5) is 0. The van der Waals surface area contributed by atoms with Crippen molar-refractivity contribution < 1.29 is 0 Å². The molecule has 0 saturated carbocycles. The molecule has 1 aliphatic heterocycles. The fraction of sp³-hybridized carbons (Fsp3) is 0.429. The van der Waals surface area contributed by atoms with Crippen LogP contribution in [-0.4, -0.2) is 6.54 Å². The molecule has 0 radical (unpaired) electrons. The monoisotopic (exact) mass is 124 g/mol. The summed E-state index contributed by atoms with van der Waals surface area (Å²) in [5, 5.41) is 3.04. The molecule has 0 saturated heterocycles. The minimum Gasteiger partial charge on any atom is -0.386 e. The van der Waals surface area contributed by atoms with Crippen LogP contribution in [0, 0.1) is 0 Å². The Balaban J connectivity index is 2.83. The largest absolute Gasteiger partial charge is 0.386 e. The van der Waals surface area contributed by atoms with E-state index in [2.05, 4.69) is 19.2 Å². The van der Waals surface area contributed by atoms with Crippen LogP contribution in [0.15, 0.2) is 23.0 Å². The molecular formula is C7H12N2. The summed E-state index contributed by atoms with van der Waals surface area (Å²) in [6.07, 6.45) is 1.96. The lowest BCUT2D eigenvalue weighted by molar-refractivity contribution is 0.826. The van der Waals surface area contributed by atoms with Gasteiger partial charge < -0.3 is 11.1 Å². The fourth-order valence-corrected chi connectivity index (χ4v) is 0.782. The first-order valence-electron chi connectivity index (χ1n) is 3.07. The number of nitrogens with one attached hydrogen (secondary N) is 1. The zero-order chi connectivity index (χ0) is 6.85. The van der Waals surface area contributed by atoms with E-state index in [0.29, 0.717) is 0 Å². The fourth-order valence-electron chi connectivity index (χ4n) is 0.782. The van der Waals surface area contributed by atoms with Gasteiger partial charge in [-0.25, -0.2) is 0 Å². The first-order chi connectivity index (χ1) is 4.20. The minimum atomic E-state index is 0.776. The average molecular weight is 124 g/mol. The van der Waals surface area contributed by atoms with Gasteiger partial charge in [-0.05, 0) is 25.5 Å². The van der Waals surface area contributed by atoms with Crippen LogP contribution in [0.4, 0.5) is 0 Å². The van der Waals surface area contributed by atoms with E-state index in [-0.39, 0.29) is 0 Å². The zero-order valence-corrected chi connectivity index (χ0v) is 5.86. The van der Waals surface area contributed by atoms with Crippen molar-refractivity contribution >= 4 is 0 Å². The lowest BCUT2D eigenvalue weighted by atomic mass is 10.1. The lowest BCUT2D eigenvalue weighted by Gasteiger charge is -2.14. The molecule has 50 valence electrons. The Morgan fingerprint density at radius 2 is 2.22 bits per heavy atom. The van der Waals surface area contributed by atoms with Gasteiger partial charge in [-0.2, -0.15) is 0 Å². The van der Waals surface area contributed by atoms with Gasteiger partial charge in [0.2, 0.25) is 0 Å². The molecule has 1 rings (SSSR count). The van der Waals surface area contributed by atoms with Crippen molar-refractivity contribution in [1.82, 2.24) is 5.32 Å². The molecule has 0 atom stereocenters. The third-order valence-corrected chi connectivity index (χ3v) is 1.60. The summed E-state index contributed by atoms with van der Waals surface area (Å²) in [5.74, 6) is 0.776. The van der Waals surface area contributed by atoms with Gasteiger partial charge >= 0.3 is 0 Å². The quantitative estimate of drug-likeness (QED) is 0.499. The highest BCUT2D eigenvalue weighted by Crippen LogP contribution is 2.08. The molecule has 0 unspecified atom stereocenters. The van der Waals surface area contributed by atoms with Gasteiger partial charge in [0.25, 0.3) is 0 Å². The average Bonchev–Trinajstić information content (AvgIpc) is 1.80. The van der Waals surface area contributed by atoms with Crippen molar-refractivity contribution in [2.75, 3.05) is 6.54 Å². The van der Waals surface area contributed by atoms with E-state index >= 15 is 0 Å². The van der Waals surface area contributed by atoms with Crippen molar-refractivity contribution in [2.24, 2.45) is 5.73 Å². The topological polar surface area (TPSA) is 38.0 Å². The number of dihydropyridines is 1. The highest BCUT2D eigenvalue weighted by Gasteiger charge is 2.01. The molecule has 0 bridgehead atoms. The normalized spacial score (nSPS) is 19.1. The van der Waals surface area contributed by atoms with Crippen molar-refractivity contribution in [3.05, 3.63) is 23.0 Å². The van der Waals surface area contributed by atoms with Gasteiger partial charge in [-0.3, -0.25) is 0 Å². The molecule has 0 aromatic rings. The Kier molecular flexibility index (Phi) is 1.47. The van der Waals surface area contributed by atoms with E-state index in [1.165, 1.54) is 11.1 Å². The van der Waals surface area contributed by atoms with Crippen LogP contribution >= 0.6 is 0 Å². The van der Waals surface area contributed by atoms with Gasteiger partial charge in [-0.15, -0.1) is 0 Å². The van der Waals surface area contributed by atoms with E-state index in [9.17, 15) is 0 Å². The summed E-state index contributed by atoms with van der Waals surface area (Å²) >= 11 is 0. The minimum absolute atomic E-state index is 0.776. The number of allylic oxidation sites excluding steroid dienone is 2. The summed E-state index contributed by atoms with van der Waals surface area (Å²) < 4.78 is 0. The first kappa shape index (κ1) is 6.20. The first-order valence-corrected chi connectivity index (χ1v) is 3.07. The Labute approximate surface area is 55.4 Å². The van der Waals surface area contributed by atoms with Gasteiger partial charge in [0.1, 0.15) is 0 Å². The molecule has 0 fully saturated rings. The van der Waals surface area contributed by atoms with Crippen LogP contribution < -0.4 is 11.1 Å². The van der Waals surface area contributed by atoms with Crippen LogP contribution in [0.2, 0.25) is 0 Å². The second-order valence-electron chi connectivity index (χ2n) is 2.42. The van der Waals surface area contributed by atoms with Crippen molar-refractivity contribution in [2.45, 2.75) is 13.8 Å². The van der Waals surface area contributed by atoms with Crippen LogP contribution in [-0.2, 0) is 0 Å². The number of nitrogens with two attached hydrogens (primary N) is 1. The SMILES string of the molecule is CC1=C(C)CNC(N)=C1. The number of hydrogen-bond donors (Lipinski definition) is 2. The molecule has 9 heavy (non-hydrogen) atoms. The molecule has 1 heterocycles. The molecule has 3 N–H and O–H groups in total. The Morgan fingerprint density at radius 3 is 2.67 bits per heavy atom.